The third-order valence-electron chi connectivity index (χ3n) is 2.81. The molecule has 98 valence electrons. The Morgan fingerprint density at radius 2 is 2.11 bits per heavy atom. The molecular weight excluding hydrogens is 230 g/mol. The molecule has 18 heavy (non-hydrogen) atoms. The van der Waals surface area contributed by atoms with Crippen molar-refractivity contribution in [3.8, 4) is 11.5 Å². The minimum absolute atomic E-state index is 0.714. The first-order valence-corrected chi connectivity index (χ1v) is 6.06. The molecule has 1 aliphatic rings. The van der Waals surface area contributed by atoms with Crippen LogP contribution in [-0.4, -0.2) is 33.3 Å². The summed E-state index contributed by atoms with van der Waals surface area (Å²) in [7, 11) is 3.28. The van der Waals surface area contributed by atoms with Crippen molar-refractivity contribution < 1.29 is 9.47 Å². The third kappa shape index (κ3) is 3.06. The highest BCUT2D eigenvalue weighted by Gasteiger charge is 2.06. The quantitative estimate of drug-likeness (QED) is 0.840. The zero-order valence-electron chi connectivity index (χ0n) is 10.8. The van der Waals surface area contributed by atoms with E-state index in [2.05, 4.69) is 15.6 Å². The van der Waals surface area contributed by atoms with Crippen LogP contribution >= 0.6 is 0 Å². The van der Waals surface area contributed by atoms with Gasteiger partial charge in [-0.1, -0.05) is 6.07 Å². The van der Waals surface area contributed by atoms with Gasteiger partial charge >= 0.3 is 0 Å². The molecule has 0 saturated carbocycles. The molecule has 1 aromatic rings. The van der Waals surface area contributed by atoms with E-state index in [1.54, 1.807) is 14.2 Å². The SMILES string of the molecule is COc1ccc(CNC2=NCCCN2)cc1OC. The topological polar surface area (TPSA) is 54.9 Å². The minimum atomic E-state index is 0.714. The Balaban J connectivity index is 1.98. The summed E-state index contributed by atoms with van der Waals surface area (Å²) in [6.45, 7) is 2.59. The Kier molecular flexibility index (Phi) is 4.28. The Morgan fingerprint density at radius 1 is 1.28 bits per heavy atom. The van der Waals surface area contributed by atoms with Crippen LogP contribution in [0, 0.1) is 0 Å². The molecule has 0 atom stereocenters. The van der Waals surface area contributed by atoms with Gasteiger partial charge in [-0.2, -0.15) is 0 Å². The molecule has 2 N–H and O–H groups in total. The van der Waals surface area contributed by atoms with Crippen molar-refractivity contribution in [1.82, 2.24) is 10.6 Å². The lowest BCUT2D eigenvalue weighted by Crippen LogP contribution is -2.40. The van der Waals surface area contributed by atoms with Crippen molar-refractivity contribution in [3.05, 3.63) is 23.8 Å². The van der Waals surface area contributed by atoms with Crippen molar-refractivity contribution in [3.63, 3.8) is 0 Å². The van der Waals surface area contributed by atoms with E-state index in [1.807, 2.05) is 18.2 Å². The van der Waals surface area contributed by atoms with E-state index in [-0.39, 0.29) is 0 Å². The van der Waals surface area contributed by atoms with Crippen LogP contribution in [0.5, 0.6) is 11.5 Å². The van der Waals surface area contributed by atoms with Gasteiger partial charge in [0, 0.05) is 19.6 Å². The molecular formula is C13H19N3O2. The number of hydrogen-bond acceptors (Lipinski definition) is 5. The van der Waals surface area contributed by atoms with Gasteiger partial charge in [-0.3, -0.25) is 4.99 Å². The normalized spacial score (nSPS) is 14.4. The molecule has 1 aromatic carbocycles. The maximum atomic E-state index is 5.27. The number of nitrogens with zero attached hydrogens (tertiary/aromatic N) is 1. The van der Waals surface area contributed by atoms with E-state index in [1.165, 1.54) is 0 Å². The molecule has 0 saturated heterocycles. The molecule has 0 unspecified atom stereocenters. The van der Waals surface area contributed by atoms with Gasteiger partial charge in [-0.05, 0) is 24.1 Å². The number of aliphatic imine (C=N–C) groups is 1. The van der Waals surface area contributed by atoms with Gasteiger partial charge in [0.2, 0.25) is 0 Å². The summed E-state index contributed by atoms with van der Waals surface area (Å²) in [4.78, 5) is 4.36. The maximum absolute atomic E-state index is 5.27. The highest BCUT2D eigenvalue weighted by atomic mass is 16.5. The van der Waals surface area contributed by atoms with Crippen LogP contribution in [0.25, 0.3) is 0 Å². The molecule has 0 bridgehead atoms. The number of guanidine groups is 1. The van der Waals surface area contributed by atoms with Gasteiger partial charge in [0.05, 0.1) is 14.2 Å². The Morgan fingerprint density at radius 3 is 2.78 bits per heavy atom. The lowest BCUT2D eigenvalue weighted by atomic mass is 10.2. The fraction of sp³-hybridized carbons (Fsp3) is 0.462. The zero-order chi connectivity index (χ0) is 12.8. The molecule has 1 heterocycles. The second kappa shape index (κ2) is 6.14. The predicted molar refractivity (Wildman–Crippen MR) is 71.3 cm³/mol. The monoisotopic (exact) mass is 249 g/mol. The molecule has 0 aromatic heterocycles. The van der Waals surface area contributed by atoms with E-state index in [0.717, 1.165) is 42.5 Å². The lowest BCUT2D eigenvalue weighted by molar-refractivity contribution is 0.354. The van der Waals surface area contributed by atoms with Crippen LogP contribution in [0.15, 0.2) is 23.2 Å². The number of hydrogen-bond donors (Lipinski definition) is 2. The minimum Gasteiger partial charge on any atom is -0.493 e. The van der Waals surface area contributed by atoms with Crippen molar-refractivity contribution in [1.29, 1.82) is 0 Å². The zero-order valence-corrected chi connectivity index (χ0v) is 10.8. The summed E-state index contributed by atoms with van der Waals surface area (Å²) in [6, 6.07) is 5.89. The number of benzene rings is 1. The largest absolute Gasteiger partial charge is 0.493 e. The number of ether oxygens (including phenoxy) is 2. The second-order valence-corrected chi connectivity index (χ2v) is 4.05. The van der Waals surface area contributed by atoms with Crippen LogP contribution in [-0.2, 0) is 6.54 Å². The molecule has 5 nitrogen and oxygen atoms in total. The molecule has 2 rings (SSSR count). The van der Waals surface area contributed by atoms with Gasteiger partial charge in [-0.15, -0.1) is 0 Å². The van der Waals surface area contributed by atoms with Crippen molar-refractivity contribution in [2.24, 2.45) is 4.99 Å². The summed E-state index contributed by atoms with van der Waals surface area (Å²) in [5.41, 5.74) is 1.13. The van der Waals surface area contributed by atoms with Crippen LogP contribution < -0.4 is 20.1 Å². The smallest absolute Gasteiger partial charge is 0.191 e. The van der Waals surface area contributed by atoms with Gasteiger partial charge in [0.1, 0.15) is 0 Å². The summed E-state index contributed by atoms with van der Waals surface area (Å²) in [6.07, 6.45) is 1.10. The van der Waals surface area contributed by atoms with E-state index in [9.17, 15) is 0 Å². The molecule has 0 fully saturated rings. The summed E-state index contributed by atoms with van der Waals surface area (Å²) < 4.78 is 10.5. The first-order valence-electron chi connectivity index (χ1n) is 6.06. The molecule has 5 heteroatoms. The van der Waals surface area contributed by atoms with Crippen LogP contribution in [0.4, 0.5) is 0 Å². The second-order valence-electron chi connectivity index (χ2n) is 4.05. The average molecular weight is 249 g/mol. The molecule has 0 aliphatic carbocycles. The summed E-state index contributed by atoms with van der Waals surface area (Å²) in [5, 5.41) is 6.49. The summed E-state index contributed by atoms with van der Waals surface area (Å²) in [5.74, 6) is 2.36. The highest BCUT2D eigenvalue weighted by Crippen LogP contribution is 2.27. The standard InChI is InChI=1S/C13H19N3O2/c1-17-11-5-4-10(8-12(11)18-2)9-16-13-14-6-3-7-15-13/h4-5,8H,3,6-7,9H2,1-2H3,(H2,14,15,16). The molecule has 0 spiro atoms. The number of nitrogens with one attached hydrogen (secondary N) is 2. The fourth-order valence-electron chi connectivity index (χ4n) is 1.83. The molecule has 1 aliphatic heterocycles. The predicted octanol–water partition coefficient (Wildman–Crippen LogP) is 1.14. The Labute approximate surface area is 107 Å². The average Bonchev–Trinajstić information content (AvgIpc) is 2.45. The summed E-state index contributed by atoms with van der Waals surface area (Å²) >= 11 is 0. The van der Waals surface area contributed by atoms with Gasteiger partial charge in [0.25, 0.3) is 0 Å². The van der Waals surface area contributed by atoms with E-state index < -0.39 is 0 Å². The molecule has 0 amide bonds. The molecule has 0 radical (unpaired) electrons. The van der Waals surface area contributed by atoms with Crippen LogP contribution in [0.1, 0.15) is 12.0 Å². The Bertz CT molecular complexity index is 432. The van der Waals surface area contributed by atoms with Crippen molar-refractivity contribution in [2.75, 3.05) is 27.3 Å². The van der Waals surface area contributed by atoms with E-state index >= 15 is 0 Å². The first-order chi connectivity index (χ1) is 8.83. The van der Waals surface area contributed by atoms with Gasteiger partial charge in [-0.25, -0.2) is 0 Å². The van der Waals surface area contributed by atoms with Gasteiger partial charge < -0.3 is 20.1 Å². The van der Waals surface area contributed by atoms with Crippen LogP contribution in [0.2, 0.25) is 0 Å². The fourth-order valence-corrected chi connectivity index (χ4v) is 1.83. The lowest BCUT2D eigenvalue weighted by Gasteiger charge is -2.16. The third-order valence-corrected chi connectivity index (χ3v) is 2.81. The van der Waals surface area contributed by atoms with Crippen molar-refractivity contribution >= 4 is 5.96 Å². The van der Waals surface area contributed by atoms with E-state index in [4.69, 9.17) is 9.47 Å². The first kappa shape index (κ1) is 12.5. The van der Waals surface area contributed by atoms with Gasteiger partial charge in [0.15, 0.2) is 17.5 Å². The maximum Gasteiger partial charge on any atom is 0.191 e. The van der Waals surface area contributed by atoms with Crippen LogP contribution in [0.3, 0.4) is 0 Å². The van der Waals surface area contributed by atoms with Crippen molar-refractivity contribution in [2.45, 2.75) is 13.0 Å². The number of rotatable bonds is 4. The Hall–Kier alpha value is -1.91. The number of methoxy groups -OCH3 is 2. The highest BCUT2D eigenvalue weighted by molar-refractivity contribution is 5.80. The van der Waals surface area contributed by atoms with E-state index in [0.29, 0.717) is 6.54 Å².